The molecule has 0 bridgehead atoms. The van der Waals surface area contributed by atoms with Gasteiger partial charge in [-0.05, 0) is 67.6 Å². The summed E-state index contributed by atoms with van der Waals surface area (Å²) in [6.45, 7) is 4.59. The van der Waals surface area contributed by atoms with Gasteiger partial charge in [-0.1, -0.05) is 11.6 Å². The highest BCUT2D eigenvalue weighted by molar-refractivity contribution is 6.32. The molecular weight excluding hydrogens is 478 g/mol. The van der Waals surface area contributed by atoms with E-state index in [1.165, 1.54) is 17.8 Å². The van der Waals surface area contributed by atoms with Gasteiger partial charge < -0.3 is 24.8 Å². The largest absolute Gasteiger partial charge is 0.506 e. The third kappa shape index (κ3) is 5.50. The summed E-state index contributed by atoms with van der Waals surface area (Å²) in [4.78, 5) is 31.9. The number of nitrogens with zero attached hydrogens (tertiary/aromatic N) is 4. The van der Waals surface area contributed by atoms with Gasteiger partial charge in [-0.2, -0.15) is 0 Å². The third-order valence-corrected chi connectivity index (χ3v) is 7.27. The van der Waals surface area contributed by atoms with Crippen LogP contribution in [0.4, 0.5) is 11.4 Å². The molecule has 8 nitrogen and oxygen atoms in total. The summed E-state index contributed by atoms with van der Waals surface area (Å²) in [6, 6.07) is 17.1. The van der Waals surface area contributed by atoms with Crippen LogP contribution in [0.3, 0.4) is 0 Å². The SMILES string of the molecule is O=C(Nc1ccc(O)c(Cl)c1)[C@@H]1CCN(CC(=O)N2CCN(c3ccc(-n4cccc4)cc3)CC2)C1. The number of hydrogen-bond donors (Lipinski definition) is 2. The Labute approximate surface area is 215 Å². The predicted molar refractivity (Wildman–Crippen MR) is 141 cm³/mol. The number of anilines is 2. The molecule has 9 heteroatoms. The molecule has 36 heavy (non-hydrogen) atoms. The number of hydrogen-bond acceptors (Lipinski definition) is 5. The lowest BCUT2D eigenvalue weighted by atomic mass is 10.1. The van der Waals surface area contributed by atoms with E-state index < -0.39 is 0 Å². The number of rotatable bonds is 6. The van der Waals surface area contributed by atoms with Crippen molar-refractivity contribution < 1.29 is 14.7 Å². The molecular formula is C27H30ClN5O3. The Morgan fingerprint density at radius 1 is 0.944 bits per heavy atom. The van der Waals surface area contributed by atoms with Gasteiger partial charge in [0.25, 0.3) is 0 Å². The Kier molecular flexibility index (Phi) is 7.16. The number of aromatic hydroxyl groups is 1. The quantitative estimate of drug-likeness (QED) is 0.499. The van der Waals surface area contributed by atoms with Gasteiger partial charge >= 0.3 is 0 Å². The van der Waals surface area contributed by atoms with Crippen molar-refractivity contribution in [3.63, 3.8) is 0 Å². The maximum absolute atomic E-state index is 12.9. The molecule has 3 aromatic rings. The topological polar surface area (TPSA) is 81.0 Å². The van der Waals surface area contributed by atoms with Crippen molar-refractivity contribution in [3.8, 4) is 11.4 Å². The van der Waals surface area contributed by atoms with Gasteiger partial charge in [0.2, 0.25) is 11.8 Å². The van der Waals surface area contributed by atoms with E-state index in [9.17, 15) is 14.7 Å². The predicted octanol–water partition coefficient (Wildman–Crippen LogP) is 3.45. The molecule has 2 saturated heterocycles. The summed E-state index contributed by atoms with van der Waals surface area (Å²) in [5.41, 5.74) is 2.85. The number of halogens is 1. The number of carbonyl (C=O) groups excluding carboxylic acids is 2. The molecule has 1 atom stereocenters. The molecule has 2 aliphatic rings. The lowest BCUT2D eigenvalue weighted by Crippen LogP contribution is -2.51. The molecule has 5 rings (SSSR count). The number of likely N-dealkylation sites (tertiary alicyclic amines) is 1. The molecule has 2 amide bonds. The first-order chi connectivity index (χ1) is 17.5. The van der Waals surface area contributed by atoms with Crippen molar-refractivity contribution in [2.24, 2.45) is 5.92 Å². The van der Waals surface area contributed by atoms with Crippen LogP contribution in [0.2, 0.25) is 5.02 Å². The minimum Gasteiger partial charge on any atom is -0.506 e. The monoisotopic (exact) mass is 507 g/mol. The van der Waals surface area contributed by atoms with Crippen molar-refractivity contribution in [2.75, 3.05) is 56.0 Å². The summed E-state index contributed by atoms with van der Waals surface area (Å²) >= 11 is 5.92. The smallest absolute Gasteiger partial charge is 0.236 e. The van der Waals surface area contributed by atoms with E-state index >= 15 is 0 Å². The average Bonchev–Trinajstić information content (AvgIpc) is 3.59. The molecule has 1 aromatic heterocycles. The zero-order valence-electron chi connectivity index (χ0n) is 20.0. The van der Waals surface area contributed by atoms with E-state index in [1.54, 1.807) is 6.07 Å². The first kappa shape index (κ1) is 24.2. The van der Waals surface area contributed by atoms with Gasteiger partial charge in [-0.15, -0.1) is 0 Å². The van der Waals surface area contributed by atoms with Crippen molar-refractivity contribution in [2.45, 2.75) is 6.42 Å². The fraction of sp³-hybridized carbons (Fsp3) is 0.333. The molecule has 0 unspecified atom stereocenters. The van der Waals surface area contributed by atoms with Gasteiger partial charge in [0.05, 0.1) is 17.5 Å². The van der Waals surface area contributed by atoms with Crippen LogP contribution in [-0.2, 0) is 9.59 Å². The highest BCUT2D eigenvalue weighted by Crippen LogP contribution is 2.27. The number of aromatic nitrogens is 1. The molecule has 2 aromatic carbocycles. The molecule has 188 valence electrons. The van der Waals surface area contributed by atoms with E-state index in [-0.39, 0.29) is 28.5 Å². The molecule has 2 fully saturated rings. The maximum Gasteiger partial charge on any atom is 0.236 e. The molecule has 2 aliphatic heterocycles. The number of phenolic OH excluding ortho intramolecular Hbond substituents is 1. The summed E-state index contributed by atoms with van der Waals surface area (Å²) < 4.78 is 2.08. The minimum absolute atomic E-state index is 0.0215. The first-order valence-corrected chi connectivity index (χ1v) is 12.6. The van der Waals surface area contributed by atoms with Crippen LogP contribution in [-0.4, -0.2) is 77.1 Å². The number of amides is 2. The standard InChI is InChI=1S/C27H30ClN5O3/c28-24-17-21(3-8-25(24)34)29-27(36)20-9-12-30(18-20)19-26(35)33-15-13-32(14-16-33)23-6-4-22(5-7-23)31-10-1-2-11-31/h1-8,10-11,17,20,34H,9,12-16,18-19H2,(H,29,36)/t20-/m1/s1. The molecule has 0 radical (unpaired) electrons. The lowest BCUT2D eigenvalue weighted by Gasteiger charge is -2.36. The number of phenols is 1. The molecule has 2 N–H and O–H groups in total. The van der Waals surface area contributed by atoms with Gasteiger partial charge in [-0.25, -0.2) is 0 Å². The second-order valence-electron chi connectivity index (χ2n) is 9.35. The Balaban J connectivity index is 1.07. The van der Waals surface area contributed by atoms with Crippen molar-refractivity contribution in [1.29, 1.82) is 0 Å². The Hall–Kier alpha value is -3.49. The van der Waals surface area contributed by atoms with E-state index in [0.717, 1.165) is 18.8 Å². The Morgan fingerprint density at radius 3 is 2.33 bits per heavy atom. The van der Waals surface area contributed by atoms with Crippen LogP contribution < -0.4 is 10.2 Å². The van der Waals surface area contributed by atoms with E-state index in [2.05, 4.69) is 43.9 Å². The Morgan fingerprint density at radius 2 is 1.64 bits per heavy atom. The zero-order chi connectivity index (χ0) is 25.1. The second kappa shape index (κ2) is 10.6. The fourth-order valence-corrected chi connectivity index (χ4v) is 5.05. The highest BCUT2D eigenvalue weighted by atomic mass is 35.5. The van der Waals surface area contributed by atoms with E-state index in [0.29, 0.717) is 44.8 Å². The molecule has 3 heterocycles. The van der Waals surface area contributed by atoms with Gasteiger partial charge in [0.15, 0.2) is 0 Å². The summed E-state index contributed by atoms with van der Waals surface area (Å²) in [5.74, 6) is -0.185. The van der Waals surface area contributed by atoms with Crippen molar-refractivity contribution in [3.05, 3.63) is 72.0 Å². The van der Waals surface area contributed by atoms with Gasteiger partial charge in [0.1, 0.15) is 5.75 Å². The lowest BCUT2D eigenvalue weighted by molar-refractivity contribution is -0.132. The third-order valence-electron chi connectivity index (χ3n) is 6.97. The normalized spacial score (nSPS) is 18.4. The van der Waals surface area contributed by atoms with Crippen LogP contribution in [0, 0.1) is 5.92 Å². The summed E-state index contributed by atoms with van der Waals surface area (Å²) in [7, 11) is 0. The van der Waals surface area contributed by atoms with Crippen LogP contribution >= 0.6 is 11.6 Å². The van der Waals surface area contributed by atoms with Crippen LogP contribution in [0.25, 0.3) is 5.69 Å². The molecule has 0 aliphatic carbocycles. The minimum atomic E-state index is -0.184. The summed E-state index contributed by atoms with van der Waals surface area (Å²) in [5, 5.41) is 12.6. The number of nitrogens with one attached hydrogen (secondary N) is 1. The van der Waals surface area contributed by atoms with Crippen LogP contribution in [0.15, 0.2) is 67.0 Å². The summed E-state index contributed by atoms with van der Waals surface area (Å²) in [6.07, 6.45) is 4.76. The number of benzene rings is 2. The second-order valence-corrected chi connectivity index (χ2v) is 9.76. The Bertz CT molecular complexity index is 1210. The van der Waals surface area contributed by atoms with Gasteiger partial charge in [0, 0.05) is 62.2 Å². The maximum atomic E-state index is 12.9. The van der Waals surface area contributed by atoms with Crippen LogP contribution in [0.5, 0.6) is 5.75 Å². The highest BCUT2D eigenvalue weighted by Gasteiger charge is 2.31. The molecule has 0 saturated carbocycles. The van der Waals surface area contributed by atoms with Gasteiger partial charge in [-0.3, -0.25) is 14.5 Å². The van der Waals surface area contributed by atoms with E-state index in [1.807, 2.05) is 29.4 Å². The zero-order valence-corrected chi connectivity index (χ0v) is 20.8. The first-order valence-electron chi connectivity index (χ1n) is 12.2. The number of piperazine rings is 1. The average molecular weight is 508 g/mol. The molecule has 0 spiro atoms. The van der Waals surface area contributed by atoms with Crippen molar-refractivity contribution >= 4 is 34.8 Å². The number of carbonyl (C=O) groups is 2. The van der Waals surface area contributed by atoms with Crippen LogP contribution in [0.1, 0.15) is 6.42 Å². The van der Waals surface area contributed by atoms with E-state index in [4.69, 9.17) is 11.6 Å². The van der Waals surface area contributed by atoms with Crippen molar-refractivity contribution in [1.82, 2.24) is 14.4 Å². The fourth-order valence-electron chi connectivity index (χ4n) is 4.87.